The number of nitrogens with zero attached hydrogens (tertiary/aromatic N) is 3. The van der Waals surface area contributed by atoms with Crippen molar-refractivity contribution in [2.24, 2.45) is 5.41 Å². The van der Waals surface area contributed by atoms with E-state index in [1.807, 2.05) is 4.57 Å². The van der Waals surface area contributed by atoms with Crippen molar-refractivity contribution in [2.75, 3.05) is 0 Å². The third-order valence-electron chi connectivity index (χ3n) is 3.00. The number of aliphatic carboxylic acids is 1. The normalized spacial score (nSPS) is 20.1. The first-order valence-corrected chi connectivity index (χ1v) is 6.04. The summed E-state index contributed by atoms with van der Waals surface area (Å²) >= 11 is 0. The van der Waals surface area contributed by atoms with Gasteiger partial charge in [0.2, 0.25) is 0 Å². The molecule has 1 N–H and O–H groups in total. The zero-order chi connectivity index (χ0) is 12.6. The Labute approximate surface area is 101 Å². The fourth-order valence-corrected chi connectivity index (χ4v) is 2.30. The first-order valence-electron chi connectivity index (χ1n) is 6.04. The second-order valence-electron chi connectivity index (χ2n) is 5.89. The van der Waals surface area contributed by atoms with E-state index in [-0.39, 0.29) is 5.41 Å². The molecule has 1 aromatic rings. The molecule has 0 fully saturated rings. The van der Waals surface area contributed by atoms with Crippen molar-refractivity contribution in [3.8, 4) is 0 Å². The van der Waals surface area contributed by atoms with Gasteiger partial charge in [0.05, 0.1) is 0 Å². The molecule has 0 radical (unpaired) electrons. The van der Waals surface area contributed by atoms with Crippen molar-refractivity contribution in [1.29, 1.82) is 0 Å². The standard InChI is InChI=1S/C12H19N3O2/c1-12(2,3)7-10-14-13-9-6-4-5-8(11(16)17)15(9)10/h8H,4-7H2,1-3H3,(H,16,17). The van der Waals surface area contributed by atoms with E-state index in [4.69, 9.17) is 0 Å². The predicted molar refractivity (Wildman–Crippen MR) is 62.8 cm³/mol. The van der Waals surface area contributed by atoms with Crippen molar-refractivity contribution in [1.82, 2.24) is 14.8 Å². The van der Waals surface area contributed by atoms with Crippen LogP contribution in [-0.2, 0) is 17.6 Å². The third kappa shape index (κ3) is 2.48. The smallest absolute Gasteiger partial charge is 0.326 e. The molecule has 94 valence electrons. The van der Waals surface area contributed by atoms with E-state index in [9.17, 15) is 9.90 Å². The number of aromatic nitrogens is 3. The highest BCUT2D eigenvalue weighted by Crippen LogP contribution is 2.28. The zero-order valence-electron chi connectivity index (χ0n) is 10.6. The largest absolute Gasteiger partial charge is 0.480 e. The van der Waals surface area contributed by atoms with E-state index >= 15 is 0 Å². The number of carbonyl (C=O) groups is 1. The minimum absolute atomic E-state index is 0.0876. The van der Waals surface area contributed by atoms with E-state index in [0.29, 0.717) is 6.42 Å². The van der Waals surface area contributed by atoms with Gasteiger partial charge in [-0.15, -0.1) is 10.2 Å². The second kappa shape index (κ2) is 4.13. The maximum absolute atomic E-state index is 11.3. The molecule has 1 aliphatic rings. The zero-order valence-corrected chi connectivity index (χ0v) is 10.6. The van der Waals surface area contributed by atoms with Crippen LogP contribution in [0.4, 0.5) is 0 Å². The van der Waals surface area contributed by atoms with Crippen molar-refractivity contribution < 1.29 is 9.90 Å². The summed E-state index contributed by atoms with van der Waals surface area (Å²) in [7, 11) is 0. The average Bonchev–Trinajstić information content (AvgIpc) is 2.59. The van der Waals surface area contributed by atoms with Gasteiger partial charge in [0.15, 0.2) is 0 Å². The van der Waals surface area contributed by atoms with Crippen molar-refractivity contribution in [2.45, 2.75) is 52.5 Å². The van der Waals surface area contributed by atoms with Gasteiger partial charge in [0.25, 0.3) is 0 Å². The molecule has 0 saturated carbocycles. The SMILES string of the molecule is CC(C)(C)Cc1nnc2n1C(C(=O)O)CCC2. The van der Waals surface area contributed by atoms with Gasteiger partial charge in [0, 0.05) is 12.8 Å². The molecular weight excluding hydrogens is 218 g/mol. The molecule has 2 rings (SSSR count). The minimum Gasteiger partial charge on any atom is -0.480 e. The summed E-state index contributed by atoms with van der Waals surface area (Å²) in [5.74, 6) is 0.850. The van der Waals surface area contributed by atoms with Crippen molar-refractivity contribution in [3.63, 3.8) is 0 Å². The Morgan fingerprint density at radius 1 is 1.47 bits per heavy atom. The lowest BCUT2D eigenvalue weighted by atomic mass is 9.91. The van der Waals surface area contributed by atoms with Crippen LogP contribution in [-0.4, -0.2) is 25.8 Å². The van der Waals surface area contributed by atoms with Crippen LogP contribution >= 0.6 is 0 Å². The van der Waals surface area contributed by atoms with Crippen LogP contribution < -0.4 is 0 Å². The molecule has 0 bridgehead atoms. The number of aryl methyl sites for hydroxylation is 1. The molecule has 0 spiro atoms. The maximum atomic E-state index is 11.3. The van der Waals surface area contributed by atoms with Crippen molar-refractivity contribution in [3.05, 3.63) is 11.6 Å². The van der Waals surface area contributed by atoms with Crippen LogP contribution in [0.25, 0.3) is 0 Å². The molecule has 0 aromatic carbocycles. The molecule has 0 saturated heterocycles. The van der Waals surface area contributed by atoms with Gasteiger partial charge in [-0.05, 0) is 18.3 Å². The van der Waals surface area contributed by atoms with E-state index in [1.165, 1.54) is 0 Å². The summed E-state index contributed by atoms with van der Waals surface area (Å²) < 4.78 is 1.83. The molecule has 2 heterocycles. The molecule has 0 aliphatic carbocycles. The number of fused-ring (bicyclic) bond motifs is 1. The van der Waals surface area contributed by atoms with Gasteiger partial charge >= 0.3 is 5.97 Å². The molecule has 5 heteroatoms. The highest BCUT2D eigenvalue weighted by atomic mass is 16.4. The summed E-state index contributed by atoms with van der Waals surface area (Å²) in [4.78, 5) is 11.3. The van der Waals surface area contributed by atoms with Crippen LogP contribution in [0.1, 0.15) is 51.3 Å². The lowest BCUT2D eigenvalue weighted by molar-refractivity contribution is -0.141. The Balaban J connectivity index is 2.37. The summed E-state index contributed by atoms with van der Waals surface area (Å²) in [6.45, 7) is 6.35. The van der Waals surface area contributed by atoms with Gasteiger partial charge < -0.3 is 9.67 Å². The lowest BCUT2D eigenvalue weighted by Gasteiger charge is -2.25. The van der Waals surface area contributed by atoms with Gasteiger partial charge in [-0.3, -0.25) is 0 Å². The molecule has 1 atom stereocenters. The summed E-state index contributed by atoms with van der Waals surface area (Å²) in [5, 5.41) is 17.5. The van der Waals surface area contributed by atoms with Gasteiger partial charge in [0.1, 0.15) is 17.7 Å². The van der Waals surface area contributed by atoms with E-state index in [0.717, 1.165) is 30.9 Å². The number of carboxylic acid groups (broad SMARTS) is 1. The van der Waals surface area contributed by atoms with Crippen LogP contribution in [0.2, 0.25) is 0 Å². The van der Waals surface area contributed by atoms with Crippen molar-refractivity contribution >= 4 is 5.97 Å². The Hall–Kier alpha value is -1.39. The Bertz CT molecular complexity index is 431. The first-order chi connectivity index (χ1) is 7.88. The minimum atomic E-state index is -0.777. The predicted octanol–water partition coefficient (Wildman–Crippen LogP) is 1.83. The van der Waals surface area contributed by atoms with Crippen LogP contribution in [0.15, 0.2) is 0 Å². The summed E-state index contributed by atoms with van der Waals surface area (Å²) in [5.41, 5.74) is 0.0876. The molecule has 1 aliphatic heterocycles. The van der Waals surface area contributed by atoms with E-state index < -0.39 is 12.0 Å². The molecule has 1 unspecified atom stereocenters. The lowest BCUT2D eigenvalue weighted by Crippen LogP contribution is -2.28. The van der Waals surface area contributed by atoms with E-state index in [1.54, 1.807) is 0 Å². The molecular formula is C12H19N3O2. The quantitative estimate of drug-likeness (QED) is 0.852. The molecule has 5 nitrogen and oxygen atoms in total. The Kier molecular flexibility index (Phi) is 2.93. The topological polar surface area (TPSA) is 68.0 Å². The Morgan fingerprint density at radius 2 is 2.18 bits per heavy atom. The first kappa shape index (κ1) is 12.1. The molecule has 1 aromatic heterocycles. The third-order valence-corrected chi connectivity index (χ3v) is 3.00. The summed E-state index contributed by atoms with van der Waals surface area (Å²) in [6.07, 6.45) is 3.15. The van der Waals surface area contributed by atoms with Crippen LogP contribution in [0.5, 0.6) is 0 Å². The fourth-order valence-electron chi connectivity index (χ4n) is 2.30. The Morgan fingerprint density at radius 3 is 2.76 bits per heavy atom. The van der Waals surface area contributed by atoms with Gasteiger partial charge in [-0.1, -0.05) is 20.8 Å². The van der Waals surface area contributed by atoms with Crippen LogP contribution in [0, 0.1) is 5.41 Å². The van der Waals surface area contributed by atoms with E-state index in [2.05, 4.69) is 31.0 Å². The number of hydrogen-bond donors (Lipinski definition) is 1. The highest BCUT2D eigenvalue weighted by molar-refractivity contribution is 5.72. The second-order valence-corrected chi connectivity index (χ2v) is 5.89. The maximum Gasteiger partial charge on any atom is 0.326 e. The number of hydrogen-bond acceptors (Lipinski definition) is 3. The molecule has 0 amide bonds. The number of rotatable bonds is 2. The van der Waals surface area contributed by atoms with Gasteiger partial charge in [-0.25, -0.2) is 4.79 Å². The highest BCUT2D eigenvalue weighted by Gasteiger charge is 2.30. The molecule has 17 heavy (non-hydrogen) atoms. The average molecular weight is 237 g/mol. The van der Waals surface area contributed by atoms with Crippen LogP contribution in [0.3, 0.4) is 0 Å². The monoisotopic (exact) mass is 237 g/mol. The fraction of sp³-hybridized carbons (Fsp3) is 0.750. The van der Waals surface area contributed by atoms with Gasteiger partial charge in [-0.2, -0.15) is 0 Å². The summed E-state index contributed by atoms with van der Waals surface area (Å²) in [6, 6.07) is -0.480. The number of carboxylic acids is 1.